The highest BCUT2D eigenvalue weighted by molar-refractivity contribution is 7.89. The maximum Gasteiger partial charge on any atom is 0.240 e. The molecule has 0 aliphatic heterocycles. The molecule has 0 radical (unpaired) electrons. The van der Waals surface area contributed by atoms with E-state index in [9.17, 15) is 8.42 Å². The number of rotatable bonds is 7. The predicted molar refractivity (Wildman–Crippen MR) is 122 cm³/mol. The average molecular weight is 454 g/mol. The van der Waals surface area contributed by atoms with E-state index in [4.69, 9.17) is 22.7 Å². The first-order valence-electron chi connectivity index (χ1n) is 9.45. The number of hydrogen-bond donors (Lipinski definition) is 3. The normalized spacial score (nSPS) is 11.6. The van der Waals surface area contributed by atoms with Crippen molar-refractivity contribution in [2.24, 2.45) is 5.73 Å². The minimum absolute atomic E-state index is 0.00775. The largest absolute Gasteiger partial charge is 0.384 e. The van der Waals surface area contributed by atoms with Crippen LogP contribution in [0.3, 0.4) is 0 Å². The second-order valence-electron chi connectivity index (χ2n) is 7.10. The molecular formula is C22H20ClN5O2S. The zero-order valence-corrected chi connectivity index (χ0v) is 18.0. The molecule has 1 aromatic heterocycles. The van der Waals surface area contributed by atoms with Gasteiger partial charge < -0.3 is 5.73 Å². The van der Waals surface area contributed by atoms with Crippen LogP contribution in [0.4, 0.5) is 0 Å². The Labute approximate surface area is 185 Å². The first-order chi connectivity index (χ1) is 14.8. The number of amidine groups is 1. The third kappa shape index (κ3) is 4.93. The Morgan fingerprint density at radius 2 is 1.87 bits per heavy atom. The van der Waals surface area contributed by atoms with E-state index in [-0.39, 0.29) is 17.3 Å². The molecule has 0 fully saturated rings. The number of fused-ring (bicyclic) bond motifs is 1. The van der Waals surface area contributed by atoms with Crippen molar-refractivity contribution in [3.63, 3.8) is 0 Å². The number of nitrogen functional groups attached to an aromatic ring is 1. The summed E-state index contributed by atoms with van der Waals surface area (Å²) in [6, 6.07) is 19.4. The van der Waals surface area contributed by atoms with Crippen molar-refractivity contribution in [2.45, 2.75) is 18.0 Å². The van der Waals surface area contributed by atoms with Crippen LogP contribution in [0.25, 0.3) is 10.8 Å². The van der Waals surface area contributed by atoms with Gasteiger partial charge in [0.25, 0.3) is 0 Å². The van der Waals surface area contributed by atoms with Gasteiger partial charge in [-0.3, -0.25) is 10.1 Å². The Balaban J connectivity index is 1.45. The van der Waals surface area contributed by atoms with Gasteiger partial charge in [-0.05, 0) is 52.7 Å². The number of nitrogens with two attached hydrogens (primary N) is 1. The molecule has 0 aliphatic rings. The SMILES string of the molecule is N=C(N)c1cccc(Cn2ccc(CNS(=O)(=O)c3ccc4ccc(Cl)cc4c3)n2)c1. The van der Waals surface area contributed by atoms with E-state index in [0.29, 0.717) is 22.8 Å². The zero-order valence-electron chi connectivity index (χ0n) is 16.4. The lowest BCUT2D eigenvalue weighted by Gasteiger charge is -2.07. The van der Waals surface area contributed by atoms with Crippen molar-refractivity contribution >= 4 is 38.2 Å². The molecule has 0 atom stereocenters. The van der Waals surface area contributed by atoms with Crippen molar-refractivity contribution in [3.05, 3.63) is 94.8 Å². The number of sulfonamides is 1. The van der Waals surface area contributed by atoms with Gasteiger partial charge in [-0.15, -0.1) is 0 Å². The molecule has 0 spiro atoms. The van der Waals surface area contributed by atoms with E-state index in [2.05, 4.69) is 9.82 Å². The molecule has 31 heavy (non-hydrogen) atoms. The molecule has 0 saturated carbocycles. The van der Waals surface area contributed by atoms with Gasteiger partial charge in [0.15, 0.2) is 0 Å². The van der Waals surface area contributed by atoms with Gasteiger partial charge in [-0.25, -0.2) is 13.1 Å². The maximum atomic E-state index is 12.7. The maximum absolute atomic E-state index is 12.7. The van der Waals surface area contributed by atoms with E-state index in [1.54, 1.807) is 53.3 Å². The van der Waals surface area contributed by atoms with Crippen molar-refractivity contribution < 1.29 is 8.42 Å². The number of nitrogens with zero attached hydrogens (tertiary/aromatic N) is 2. The Hall–Kier alpha value is -3.20. The van der Waals surface area contributed by atoms with Crippen molar-refractivity contribution in [2.75, 3.05) is 0 Å². The monoisotopic (exact) mass is 453 g/mol. The lowest BCUT2D eigenvalue weighted by molar-refractivity contribution is 0.579. The highest BCUT2D eigenvalue weighted by Gasteiger charge is 2.15. The van der Waals surface area contributed by atoms with Crippen LogP contribution in [0.15, 0.2) is 77.8 Å². The standard InChI is InChI=1S/C22H20ClN5O2S/c23-19-6-4-16-5-7-21(12-18(16)11-19)31(29,30)26-13-20-8-9-28(27-20)14-15-2-1-3-17(10-15)22(24)25/h1-12,26H,13-14H2,(H3,24,25). The molecule has 0 aliphatic carbocycles. The van der Waals surface area contributed by atoms with Crippen LogP contribution in [0, 0.1) is 5.41 Å². The molecule has 4 rings (SSSR count). The van der Waals surface area contributed by atoms with Crippen molar-refractivity contribution in [3.8, 4) is 0 Å². The Morgan fingerprint density at radius 3 is 2.68 bits per heavy atom. The molecule has 0 saturated heterocycles. The van der Waals surface area contributed by atoms with Crippen molar-refractivity contribution in [1.82, 2.24) is 14.5 Å². The number of hydrogen-bond acceptors (Lipinski definition) is 4. The summed E-state index contributed by atoms with van der Waals surface area (Å²) >= 11 is 6.02. The number of halogens is 1. The molecular weight excluding hydrogens is 434 g/mol. The van der Waals surface area contributed by atoms with Crippen LogP contribution in [-0.2, 0) is 23.1 Å². The fourth-order valence-corrected chi connectivity index (χ4v) is 4.44. The summed E-state index contributed by atoms with van der Waals surface area (Å²) in [5.74, 6) is 0.00775. The van der Waals surface area contributed by atoms with E-state index >= 15 is 0 Å². The van der Waals surface area contributed by atoms with E-state index < -0.39 is 10.0 Å². The van der Waals surface area contributed by atoms with Gasteiger partial charge in [0.2, 0.25) is 10.0 Å². The third-order valence-electron chi connectivity index (χ3n) is 4.81. The molecule has 158 valence electrons. The van der Waals surface area contributed by atoms with Crippen LogP contribution in [0.5, 0.6) is 0 Å². The molecule has 3 aromatic carbocycles. The lowest BCUT2D eigenvalue weighted by atomic mass is 10.1. The molecule has 9 heteroatoms. The number of nitrogens with one attached hydrogen (secondary N) is 2. The fraction of sp³-hybridized carbons (Fsp3) is 0.0909. The van der Waals surface area contributed by atoms with Gasteiger partial charge in [0.05, 0.1) is 23.7 Å². The summed E-state index contributed by atoms with van der Waals surface area (Å²) < 4.78 is 29.7. The van der Waals surface area contributed by atoms with Crippen LogP contribution < -0.4 is 10.5 Å². The molecule has 4 N–H and O–H groups in total. The Kier molecular flexibility index (Phi) is 5.77. The molecule has 0 amide bonds. The summed E-state index contributed by atoms with van der Waals surface area (Å²) in [4.78, 5) is 0.169. The Bertz CT molecular complexity index is 1380. The van der Waals surface area contributed by atoms with E-state index in [1.165, 1.54) is 0 Å². The summed E-state index contributed by atoms with van der Waals surface area (Å²) in [7, 11) is -3.71. The molecule has 7 nitrogen and oxygen atoms in total. The van der Waals surface area contributed by atoms with Crippen molar-refractivity contribution in [1.29, 1.82) is 5.41 Å². The lowest BCUT2D eigenvalue weighted by Crippen LogP contribution is -2.23. The minimum Gasteiger partial charge on any atom is -0.384 e. The number of aromatic nitrogens is 2. The zero-order chi connectivity index (χ0) is 22.0. The minimum atomic E-state index is -3.71. The molecule has 1 heterocycles. The van der Waals surface area contributed by atoms with Crippen LogP contribution >= 0.6 is 11.6 Å². The van der Waals surface area contributed by atoms with Crippen LogP contribution in [0.2, 0.25) is 5.02 Å². The van der Waals surface area contributed by atoms with E-state index in [1.807, 2.05) is 24.3 Å². The van der Waals surface area contributed by atoms with Gasteiger partial charge >= 0.3 is 0 Å². The van der Waals surface area contributed by atoms with Gasteiger partial charge in [-0.2, -0.15) is 5.10 Å². The highest BCUT2D eigenvalue weighted by atomic mass is 35.5. The van der Waals surface area contributed by atoms with E-state index in [0.717, 1.165) is 16.3 Å². The third-order valence-corrected chi connectivity index (χ3v) is 6.44. The second kappa shape index (κ2) is 8.50. The predicted octanol–water partition coefficient (Wildman–Crippen LogP) is 3.50. The molecule has 4 aromatic rings. The van der Waals surface area contributed by atoms with Crippen LogP contribution in [0.1, 0.15) is 16.8 Å². The van der Waals surface area contributed by atoms with Gasteiger partial charge in [0.1, 0.15) is 5.84 Å². The molecule has 0 bridgehead atoms. The van der Waals surface area contributed by atoms with Gasteiger partial charge in [0, 0.05) is 16.8 Å². The Morgan fingerprint density at radius 1 is 1.06 bits per heavy atom. The summed E-state index contributed by atoms with van der Waals surface area (Å²) in [5, 5.41) is 14.2. The van der Waals surface area contributed by atoms with Gasteiger partial charge in [-0.1, -0.05) is 41.9 Å². The van der Waals surface area contributed by atoms with Crippen LogP contribution in [-0.4, -0.2) is 24.0 Å². The summed E-state index contributed by atoms with van der Waals surface area (Å²) in [6.07, 6.45) is 1.78. The second-order valence-corrected chi connectivity index (χ2v) is 9.30. The number of benzene rings is 3. The fourth-order valence-electron chi connectivity index (χ4n) is 3.23. The smallest absolute Gasteiger partial charge is 0.240 e. The topological polar surface area (TPSA) is 114 Å². The summed E-state index contributed by atoms with van der Waals surface area (Å²) in [6.45, 7) is 0.551. The average Bonchev–Trinajstić information content (AvgIpc) is 3.19. The molecule has 0 unspecified atom stereocenters. The first kappa shape index (κ1) is 21.0. The summed E-state index contributed by atoms with van der Waals surface area (Å²) in [5.41, 5.74) is 7.72. The first-order valence-corrected chi connectivity index (χ1v) is 11.3. The highest BCUT2D eigenvalue weighted by Crippen LogP contribution is 2.22. The quantitative estimate of drug-likeness (QED) is 0.293.